The maximum Gasteiger partial charge on any atom is 0.223 e. The molecule has 1 fully saturated rings. The minimum absolute atomic E-state index is 0.148. The summed E-state index contributed by atoms with van der Waals surface area (Å²) in [6.45, 7) is 0. The van der Waals surface area contributed by atoms with Gasteiger partial charge in [0, 0.05) is 28.6 Å². The molecule has 0 aliphatic heterocycles. The van der Waals surface area contributed by atoms with Gasteiger partial charge in [-0.3, -0.25) is 4.57 Å². The molecule has 1 saturated carbocycles. The van der Waals surface area contributed by atoms with Gasteiger partial charge in [-0.25, -0.2) is 0 Å². The summed E-state index contributed by atoms with van der Waals surface area (Å²) in [5.41, 5.74) is 3.08. The molecule has 0 unspecified atom stereocenters. The molecule has 3 aromatic rings. The maximum absolute atomic E-state index is 11.8. The van der Waals surface area contributed by atoms with Gasteiger partial charge in [0.15, 0.2) is 6.20 Å². The normalized spacial score (nSPS) is 21.9. The van der Waals surface area contributed by atoms with E-state index < -0.39 is 0 Å². The number of aromatic nitrogens is 2. The van der Waals surface area contributed by atoms with Crippen LogP contribution < -0.4 is 4.73 Å². The predicted octanol–water partition coefficient (Wildman–Crippen LogP) is 3.04. The van der Waals surface area contributed by atoms with Crippen LogP contribution in [0.25, 0.3) is 16.6 Å². The van der Waals surface area contributed by atoms with Crippen molar-refractivity contribution in [3.8, 4) is 17.4 Å². The fourth-order valence-corrected chi connectivity index (χ4v) is 4.46. The Morgan fingerprint density at radius 2 is 1.74 bits per heavy atom. The molecule has 1 aromatic carbocycles. The largest absolute Gasteiger partial charge is 0.618 e. The van der Waals surface area contributed by atoms with Crippen LogP contribution in [0.5, 0.6) is 11.8 Å². The van der Waals surface area contributed by atoms with E-state index in [4.69, 9.17) is 0 Å². The van der Waals surface area contributed by atoms with Gasteiger partial charge >= 0.3 is 0 Å². The van der Waals surface area contributed by atoms with Crippen molar-refractivity contribution >= 4 is 10.9 Å². The highest BCUT2D eigenvalue weighted by molar-refractivity contribution is 5.78. The Kier molecular flexibility index (Phi) is 2.33. The molecule has 2 bridgehead atoms. The van der Waals surface area contributed by atoms with Crippen LogP contribution in [-0.4, -0.2) is 14.8 Å². The molecule has 2 heterocycles. The summed E-state index contributed by atoms with van der Waals surface area (Å²) in [7, 11) is 0. The summed E-state index contributed by atoms with van der Waals surface area (Å²) in [6.07, 6.45) is 4.67. The Bertz CT molecular complexity index is 927. The number of hydrogen-bond donors (Lipinski definition) is 2. The Morgan fingerprint density at radius 3 is 2.43 bits per heavy atom. The van der Waals surface area contributed by atoms with Crippen LogP contribution >= 0.6 is 0 Å². The van der Waals surface area contributed by atoms with Gasteiger partial charge in [0.05, 0.1) is 5.69 Å². The van der Waals surface area contributed by atoms with Crippen molar-refractivity contribution in [2.45, 2.75) is 31.1 Å². The Morgan fingerprint density at radius 1 is 1.04 bits per heavy atom. The second-order valence-electron chi connectivity index (χ2n) is 6.59. The lowest BCUT2D eigenvalue weighted by Crippen LogP contribution is -2.25. The zero-order valence-electron chi connectivity index (χ0n) is 12.4. The van der Waals surface area contributed by atoms with Crippen molar-refractivity contribution in [3.05, 3.63) is 52.9 Å². The van der Waals surface area contributed by atoms with Crippen LogP contribution in [0.15, 0.2) is 36.5 Å². The number of aromatic hydroxyl groups is 2. The van der Waals surface area contributed by atoms with Gasteiger partial charge in [-0.2, -0.15) is 4.73 Å². The quantitative estimate of drug-likeness (QED) is 0.536. The van der Waals surface area contributed by atoms with Crippen LogP contribution in [0.3, 0.4) is 0 Å². The molecule has 2 aromatic heterocycles. The lowest BCUT2D eigenvalue weighted by Gasteiger charge is -2.10. The van der Waals surface area contributed by atoms with E-state index in [1.165, 1.54) is 10.8 Å². The first-order chi connectivity index (χ1) is 11.1. The minimum atomic E-state index is 0.148. The third-order valence-corrected chi connectivity index (χ3v) is 5.45. The van der Waals surface area contributed by atoms with E-state index in [0.717, 1.165) is 40.5 Å². The molecule has 2 atom stereocenters. The SMILES string of the molecule is [O-][n+]1cccc2cc(-n3c(O)c4c(c3O)[C@H]3CC[C@@H]4C3)ccc21. The van der Waals surface area contributed by atoms with E-state index >= 15 is 0 Å². The van der Waals surface area contributed by atoms with Crippen molar-refractivity contribution in [3.63, 3.8) is 0 Å². The second-order valence-corrected chi connectivity index (χ2v) is 6.59. The maximum atomic E-state index is 11.8. The zero-order valence-corrected chi connectivity index (χ0v) is 12.4. The molecular weight excluding hydrogens is 292 g/mol. The van der Waals surface area contributed by atoms with Crippen molar-refractivity contribution in [1.82, 2.24) is 4.57 Å². The number of pyridine rings is 1. The smallest absolute Gasteiger partial charge is 0.223 e. The molecule has 0 amide bonds. The standard InChI is InChI=1S/C18H16N2O3/c21-17-15-11-3-4-12(8-11)16(15)18(22)20(17)13-5-6-14-10(9-13)2-1-7-19(14)23/h1-2,5-7,9,11-12,21-22H,3-4,8H2/t11-,12+. The molecule has 116 valence electrons. The monoisotopic (exact) mass is 308 g/mol. The Labute approximate surface area is 132 Å². The van der Waals surface area contributed by atoms with Crippen LogP contribution in [0.2, 0.25) is 0 Å². The van der Waals surface area contributed by atoms with Crippen LogP contribution in [0.1, 0.15) is 42.2 Å². The van der Waals surface area contributed by atoms with E-state index in [2.05, 4.69) is 0 Å². The van der Waals surface area contributed by atoms with E-state index in [1.54, 1.807) is 18.2 Å². The molecule has 23 heavy (non-hydrogen) atoms. The summed E-state index contributed by atoms with van der Waals surface area (Å²) in [5, 5.41) is 33.9. The average molecular weight is 308 g/mol. The average Bonchev–Trinajstić information content (AvgIpc) is 3.21. The van der Waals surface area contributed by atoms with Gasteiger partial charge in [-0.1, -0.05) is 0 Å². The van der Waals surface area contributed by atoms with Crippen molar-refractivity contribution in [2.24, 2.45) is 0 Å². The molecule has 5 heteroatoms. The van der Waals surface area contributed by atoms with Crippen LogP contribution in [0.4, 0.5) is 0 Å². The lowest BCUT2D eigenvalue weighted by atomic mass is 9.95. The molecule has 2 N–H and O–H groups in total. The lowest BCUT2D eigenvalue weighted by molar-refractivity contribution is -0.577. The summed E-state index contributed by atoms with van der Waals surface area (Å²) in [4.78, 5) is 0. The van der Waals surface area contributed by atoms with Gasteiger partial charge in [0.2, 0.25) is 17.3 Å². The second kappa shape index (κ2) is 4.19. The molecular formula is C18H16N2O3. The van der Waals surface area contributed by atoms with Crippen molar-refractivity contribution in [2.75, 3.05) is 0 Å². The molecule has 0 spiro atoms. The van der Waals surface area contributed by atoms with Crippen molar-refractivity contribution in [1.29, 1.82) is 0 Å². The molecule has 2 aliphatic rings. The number of fused-ring (bicyclic) bond motifs is 6. The summed E-state index contributed by atoms with van der Waals surface area (Å²) in [6, 6.07) is 8.83. The van der Waals surface area contributed by atoms with Gasteiger partial charge in [0.25, 0.3) is 0 Å². The Hall–Kier alpha value is -2.69. The zero-order chi connectivity index (χ0) is 15.7. The summed E-state index contributed by atoms with van der Waals surface area (Å²) in [5.74, 6) is 1.03. The van der Waals surface area contributed by atoms with E-state index in [0.29, 0.717) is 23.0 Å². The van der Waals surface area contributed by atoms with Gasteiger partial charge in [-0.05, 0) is 49.3 Å². The summed E-state index contributed by atoms with van der Waals surface area (Å²) >= 11 is 0. The van der Waals surface area contributed by atoms with Crippen molar-refractivity contribution < 1.29 is 14.9 Å². The highest BCUT2D eigenvalue weighted by Gasteiger charge is 2.44. The molecule has 2 aliphatic carbocycles. The third kappa shape index (κ3) is 1.54. The fourth-order valence-electron chi connectivity index (χ4n) is 4.46. The minimum Gasteiger partial charge on any atom is -0.618 e. The number of rotatable bonds is 1. The predicted molar refractivity (Wildman–Crippen MR) is 84.9 cm³/mol. The number of benzene rings is 1. The van der Waals surface area contributed by atoms with Crippen LogP contribution in [0, 0.1) is 5.21 Å². The summed E-state index contributed by atoms with van der Waals surface area (Å²) < 4.78 is 2.32. The fraction of sp³-hybridized carbons (Fsp3) is 0.278. The van der Waals surface area contributed by atoms with Gasteiger partial charge in [-0.15, -0.1) is 0 Å². The van der Waals surface area contributed by atoms with Gasteiger partial charge in [0.1, 0.15) is 0 Å². The van der Waals surface area contributed by atoms with E-state index in [-0.39, 0.29) is 11.8 Å². The Balaban J connectivity index is 1.75. The van der Waals surface area contributed by atoms with E-state index in [1.807, 2.05) is 12.1 Å². The first-order valence-electron chi connectivity index (χ1n) is 7.94. The first kappa shape index (κ1) is 12.8. The number of hydrogen-bond acceptors (Lipinski definition) is 3. The molecule has 0 radical (unpaired) electrons. The number of nitrogens with zero attached hydrogens (tertiary/aromatic N) is 2. The highest BCUT2D eigenvalue weighted by atomic mass is 16.5. The highest BCUT2D eigenvalue weighted by Crippen LogP contribution is 2.60. The first-order valence-corrected chi connectivity index (χ1v) is 7.94. The van der Waals surface area contributed by atoms with Crippen LogP contribution in [-0.2, 0) is 0 Å². The topological polar surface area (TPSA) is 72.3 Å². The van der Waals surface area contributed by atoms with Gasteiger partial charge < -0.3 is 15.4 Å². The molecule has 0 saturated heterocycles. The molecule has 5 rings (SSSR count). The third-order valence-electron chi connectivity index (χ3n) is 5.45. The molecule has 5 nitrogen and oxygen atoms in total. The van der Waals surface area contributed by atoms with E-state index in [9.17, 15) is 15.4 Å².